The fourth-order valence-electron chi connectivity index (χ4n) is 1.87. The van der Waals surface area contributed by atoms with Crippen LogP contribution >= 0.6 is 12.2 Å². The van der Waals surface area contributed by atoms with Crippen molar-refractivity contribution in [2.75, 3.05) is 5.32 Å². The number of benzene rings is 2. The number of rotatable bonds is 3. The summed E-state index contributed by atoms with van der Waals surface area (Å²) in [4.78, 5) is 0. The highest BCUT2D eigenvalue weighted by molar-refractivity contribution is 7.80. The molecule has 0 aliphatic heterocycles. The van der Waals surface area contributed by atoms with E-state index in [1.807, 2.05) is 32.0 Å². The maximum Gasteiger partial charge on any atom is 0.191 e. The standard InChI is InChI=1S/C16H16FN3S/c1-11-4-3-5-12(2)15(11)19-16(21)20-18-10-13-6-8-14(17)9-7-13/h3-10H,1-2H3,(H2,19,20,21)/b18-10+. The number of hydrogen-bond acceptors (Lipinski definition) is 2. The van der Waals surface area contributed by atoms with Crippen LogP contribution in [0, 0.1) is 19.7 Å². The third kappa shape index (κ3) is 4.36. The van der Waals surface area contributed by atoms with Gasteiger partial charge in [-0.3, -0.25) is 5.43 Å². The number of aryl methyl sites for hydroxylation is 2. The molecule has 0 spiro atoms. The largest absolute Gasteiger partial charge is 0.331 e. The molecule has 2 rings (SSSR count). The minimum atomic E-state index is -0.271. The molecule has 2 aromatic carbocycles. The van der Waals surface area contributed by atoms with Crippen LogP contribution < -0.4 is 10.7 Å². The molecule has 0 bridgehead atoms. The van der Waals surface area contributed by atoms with Crippen LogP contribution in [0.1, 0.15) is 16.7 Å². The van der Waals surface area contributed by atoms with E-state index >= 15 is 0 Å². The van der Waals surface area contributed by atoms with Crippen molar-refractivity contribution in [2.24, 2.45) is 5.10 Å². The van der Waals surface area contributed by atoms with Crippen LogP contribution in [0.4, 0.5) is 10.1 Å². The van der Waals surface area contributed by atoms with Gasteiger partial charge < -0.3 is 5.32 Å². The number of para-hydroxylation sites is 1. The van der Waals surface area contributed by atoms with E-state index in [0.717, 1.165) is 22.4 Å². The minimum Gasteiger partial charge on any atom is -0.331 e. The Kier molecular flexibility index (Phi) is 5.00. The highest BCUT2D eigenvalue weighted by atomic mass is 32.1. The van der Waals surface area contributed by atoms with Gasteiger partial charge in [0.1, 0.15) is 5.82 Å². The summed E-state index contributed by atoms with van der Waals surface area (Å²) in [5.74, 6) is -0.271. The van der Waals surface area contributed by atoms with Crippen LogP contribution in [-0.2, 0) is 0 Å². The number of thiocarbonyl (C=S) groups is 1. The second kappa shape index (κ2) is 6.95. The number of halogens is 1. The molecule has 0 heterocycles. The highest BCUT2D eigenvalue weighted by Crippen LogP contribution is 2.19. The highest BCUT2D eigenvalue weighted by Gasteiger charge is 2.03. The van der Waals surface area contributed by atoms with Gasteiger partial charge in [-0.1, -0.05) is 30.3 Å². The van der Waals surface area contributed by atoms with Crippen molar-refractivity contribution in [3.8, 4) is 0 Å². The first-order valence-electron chi connectivity index (χ1n) is 6.48. The monoisotopic (exact) mass is 301 g/mol. The first-order valence-corrected chi connectivity index (χ1v) is 6.89. The molecule has 2 aromatic rings. The van der Waals surface area contributed by atoms with Gasteiger partial charge in [0.05, 0.1) is 6.21 Å². The van der Waals surface area contributed by atoms with Gasteiger partial charge in [-0.2, -0.15) is 5.10 Å². The molecule has 3 nitrogen and oxygen atoms in total. The average Bonchev–Trinajstić information content (AvgIpc) is 2.45. The van der Waals surface area contributed by atoms with Crippen molar-refractivity contribution in [3.63, 3.8) is 0 Å². The van der Waals surface area contributed by atoms with E-state index in [9.17, 15) is 4.39 Å². The Balaban J connectivity index is 1.95. The van der Waals surface area contributed by atoms with Crippen molar-refractivity contribution >= 4 is 29.2 Å². The predicted octanol–water partition coefficient (Wildman–Crippen LogP) is 3.76. The molecular formula is C16H16FN3S. The summed E-state index contributed by atoms with van der Waals surface area (Å²) in [6.07, 6.45) is 1.58. The maximum absolute atomic E-state index is 12.8. The lowest BCUT2D eigenvalue weighted by atomic mass is 10.1. The molecule has 0 aliphatic carbocycles. The van der Waals surface area contributed by atoms with Crippen LogP contribution in [0.5, 0.6) is 0 Å². The second-order valence-electron chi connectivity index (χ2n) is 4.64. The molecule has 2 N–H and O–H groups in total. The maximum atomic E-state index is 12.8. The number of anilines is 1. The zero-order chi connectivity index (χ0) is 15.2. The predicted molar refractivity (Wildman–Crippen MR) is 89.3 cm³/mol. The van der Waals surface area contributed by atoms with E-state index in [1.54, 1.807) is 18.3 Å². The average molecular weight is 301 g/mol. The first kappa shape index (κ1) is 15.1. The third-order valence-corrected chi connectivity index (χ3v) is 3.16. The Morgan fingerprint density at radius 1 is 1.10 bits per heavy atom. The van der Waals surface area contributed by atoms with Crippen molar-refractivity contribution < 1.29 is 4.39 Å². The van der Waals surface area contributed by atoms with E-state index in [-0.39, 0.29) is 5.82 Å². The normalized spacial score (nSPS) is 10.6. The molecule has 21 heavy (non-hydrogen) atoms. The Morgan fingerprint density at radius 3 is 2.33 bits per heavy atom. The molecule has 0 fully saturated rings. The summed E-state index contributed by atoms with van der Waals surface area (Å²) in [6.45, 7) is 4.03. The third-order valence-electron chi connectivity index (χ3n) is 2.97. The lowest BCUT2D eigenvalue weighted by Crippen LogP contribution is -2.24. The fraction of sp³-hybridized carbons (Fsp3) is 0.125. The molecule has 0 aliphatic rings. The molecule has 5 heteroatoms. The summed E-state index contributed by atoms with van der Waals surface area (Å²) in [5.41, 5.74) is 6.74. The number of hydrogen-bond donors (Lipinski definition) is 2. The van der Waals surface area contributed by atoms with Crippen molar-refractivity contribution in [2.45, 2.75) is 13.8 Å². The Bertz CT molecular complexity index is 645. The van der Waals surface area contributed by atoms with E-state index in [4.69, 9.17) is 12.2 Å². The minimum absolute atomic E-state index is 0.271. The topological polar surface area (TPSA) is 36.4 Å². The summed E-state index contributed by atoms with van der Waals surface area (Å²) in [5, 5.41) is 7.55. The smallest absolute Gasteiger partial charge is 0.191 e. The Labute approximate surface area is 128 Å². The molecule has 0 saturated heterocycles. The van der Waals surface area contributed by atoms with Gasteiger partial charge in [-0.25, -0.2) is 4.39 Å². The van der Waals surface area contributed by atoms with Gasteiger partial charge in [0.25, 0.3) is 0 Å². The number of hydrazone groups is 1. The summed E-state index contributed by atoms with van der Waals surface area (Å²) >= 11 is 5.20. The molecule has 0 saturated carbocycles. The number of nitrogens with zero attached hydrogens (tertiary/aromatic N) is 1. The van der Waals surface area contributed by atoms with Gasteiger partial charge >= 0.3 is 0 Å². The molecule has 108 valence electrons. The zero-order valence-electron chi connectivity index (χ0n) is 11.9. The van der Waals surface area contributed by atoms with Crippen molar-refractivity contribution in [1.82, 2.24) is 5.43 Å². The molecular weight excluding hydrogens is 285 g/mol. The SMILES string of the molecule is Cc1cccc(C)c1NC(=S)N/N=C/c1ccc(F)cc1. The van der Waals surface area contributed by atoms with Crippen LogP contribution in [0.25, 0.3) is 0 Å². The van der Waals surface area contributed by atoms with Crippen LogP contribution in [0.15, 0.2) is 47.6 Å². The summed E-state index contributed by atoms with van der Waals surface area (Å²) in [7, 11) is 0. The summed E-state index contributed by atoms with van der Waals surface area (Å²) in [6, 6.07) is 12.1. The van der Waals surface area contributed by atoms with Crippen molar-refractivity contribution in [3.05, 3.63) is 65.0 Å². The van der Waals surface area contributed by atoms with Gasteiger partial charge in [0.2, 0.25) is 0 Å². The van der Waals surface area contributed by atoms with Gasteiger partial charge in [0, 0.05) is 5.69 Å². The molecule has 0 amide bonds. The molecule has 0 aromatic heterocycles. The summed E-state index contributed by atoms with van der Waals surface area (Å²) < 4.78 is 12.8. The van der Waals surface area contributed by atoms with Crippen LogP contribution in [-0.4, -0.2) is 11.3 Å². The van der Waals surface area contributed by atoms with E-state index in [1.165, 1.54) is 12.1 Å². The number of nitrogens with one attached hydrogen (secondary N) is 2. The van der Waals surface area contributed by atoms with E-state index in [2.05, 4.69) is 15.8 Å². The van der Waals surface area contributed by atoms with Gasteiger partial charge in [0.15, 0.2) is 5.11 Å². The van der Waals surface area contributed by atoms with Gasteiger partial charge in [-0.15, -0.1) is 0 Å². The molecule has 0 unspecified atom stereocenters. The van der Waals surface area contributed by atoms with Crippen LogP contribution in [0.2, 0.25) is 0 Å². The van der Waals surface area contributed by atoms with Gasteiger partial charge in [-0.05, 0) is 54.9 Å². The lowest BCUT2D eigenvalue weighted by molar-refractivity contribution is 0.628. The zero-order valence-corrected chi connectivity index (χ0v) is 12.7. The van der Waals surface area contributed by atoms with E-state index in [0.29, 0.717) is 5.11 Å². The fourth-order valence-corrected chi connectivity index (χ4v) is 2.02. The molecule has 0 atom stereocenters. The van der Waals surface area contributed by atoms with E-state index < -0.39 is 0 Å². The molecule has 0 radical (unpaired) electrons. The lowest BCUT2D eigenvalue weighted by Gasteiger charge is -2.12. The van der Waals surface area contributed by atoms with Crippen LogP contribution in [0.3, 0.4) is 0 Å². The second-order valence-corrected chi connectivity index (χ2v) is 5.05. The Hall–Kier alpha value is -2.27. The quantitative estimate of drug-likeness (QED) is 0.515. The Morgan fingerprint density at radius 2 is 1.71 bits per heavy atom. The van der Waals surface area contributed by atoms with Crippen molar-refractivity contribution in [1.29, 1.82) is 0 Å². The first-order chi connectivity index (χ1) is 10.1.